The number of amides is 2. The first-order valence-electron chi connectivity index (χ1n) is 6.76. The van der Waals surface area contributed by atoms with E-state index < -0.39 is 11.7 Å². The van der Waals surface area contributed by atoms with Crippen LogP contribution in [0.25, 0.3) is 0 Å². The lowest BCUT2D eigenvalue weighted by atomic mass is 10.0. The number of hydroxylamine groups is 2. The second-order valence-corrected chi connectivity index (χ2v) is 5.65. The van der Waals surface area contributed by atoms with Gasteiger partial charge in [-0.15, -0.1) is 0 Å². The van der Waals surface area contributed by atoms with Gasteiger partial charge < -0.3 is 10.1 Å². The van der Waals surface area contributed by atoms with Gasteiger partial charge in [-0.25, -0.2) is 9.86 Å². The Morgan fingerprint density at radius 1 is 1.33 bits per heavy atom. The van der Waals surface area contributed by atoms with Gasteiger partial charge in [0, 0.05) is 6.54 Å². The van der Waals surface area contributed by atoms with Crippen molar-refractivity contribution in [1.82, 2.24) is 10.4 Å². The highest BCUT2D eigenvalue weighted by Gasteiger charge is 2.15. The molecule has 0 heterocycles. The van der Waals surface area contributed by atoms with Crippen molar-refractivity contribution < 1.29 is 19.5 Å². The SMILES string of the molecule is CC(C)(C)OC(=O)NCCc1ccccc1CN(O)C=O. The Balaban J connectivity index is 2.52. The predicted molar refractivity (Wildman–Crippen MR) is 77.8 cm³/mol. The minimum atomic E-state index is -0.524. The van der Waals surface area contributed by atoms with Crippen LogP contribution in [0.2, 0.25) is 0 Å². The molecule has 2 amide bonds. The van der Waals surface area contributed by atoms with Crippen LogP contribution in [0.4, 0.5) is 4.79 Å². The lowest BCUT2D eigenvalue weighted by Gasteiger charge is -2.20. The van der Waals surface area contributed by atoms with Crippen LogP contribution in [-0.4, -0.2) is 34.9 Å². The fraction of sp³-hybridized carbons (Fsp3) is 0.467. The molecule has 1 aromatic rings. The van der Waals surface area contributed by atoms with E-state index in [1.807, 2.05) is 24.3 Å². The molecular weight excluding hydrogens is 272 g/mol. The molecule has 6 heteroatoms. The highest BCUT2D eigenvalue weighted by Crippen LogP contribution is 2.11. The van der Waals surface area contributed by atoms with Crippen LogP contribution in [0, 0.1) is 0 Å². The van der Waals surface area contributed by atoms with Crippen molar-refractivity contribution >= 4 is 12.5 Å². The van der Waals surface area contributed by atoms with Crippen molar-refractivity contribution in [2.75, 3.05) is 6.54 Å². The van der Waals surface area contributed by atoms with Gasteiger partial charge in [0.2, 0.25) is 6.41 Å². The number of carbonyl (C=O) groups excluding carboxylic acids is 2. The van der Waals surface area contributed by atoms with E-state index in [-0.39, 0.29) is 6.54 Å². The van der Waals surface area contributed by atoms with Crippen LogP contribution in [-0.2, 0) is 22.5 Å². The molecule has 0 saturated carbocycles. The van der Waals surface area contributed by atoms with Gasteiger partial charge in [-0.3, -0.25) is 10.0 Å². The van der Waals surface area contributed by atoms with E-state index in [1.165, 1.54) is 0 Å². The van der Waals surface area contributed by atoms with E-state index in [2.05, 4.69) is 5.32 Å². The molecule has 0 unspecified atom stereocenters. The van der Waals surface area contributed by atoms with Gasteiger partial charge in [0.05, 0.1) is 6.54 Å². The minimum Gasteiger partial charge on any atom is -0.444 e. The molecule has 2 N–H and O–H groups in total. The maximum absolute atomic E-state index is 11.5. The summed E-state index contributed by atoms with van der Waals surface area (Å²) in [6.45, 7) is 5.94. The number of rotatable bonds is 6. The molecule has 0 aliphatic rings. The Labute approximate surface area is 124 Å². The van der Waals surface area contributed by atoms with Crippen LogP contribution < -0.4 is 5.32 Å². The number of nitrogens with one attached hydrogen (secondary N) is 1. The molecule has 0 fully saturated rings. The lowest BCUT2D eigenvalue weighted by molar-refractivity contribution is -0.152. The first-order valence-corrected chi connectivity index (χ1v) is 6.76. The van der Waals surface area contributed by atoms with Crippen molar-refractivity contribution in [2.24, 2.45) is 0 Å². The van der Waals surface area contributed by atoms with Gasteiger partial charge >= 0.3 is 6.09 Å². The molecule has 0 spiro atoms. The average Bonchev–Trinajstić information content (AvgIpc) is 2.38. The Hall–Kier alpha value is -2.08. The Morgan fingerprint density at radius 2 is 1.95 bits per heavy atom. The second-order valence-electron chi connectivity index (χ2n) is 5.65. The molecule has 0 saturated heterocycles. The van der Waals surface area contributed by atoms with Gasteiger partial charge in [0.25, 0.3) is 0 Å². The third-order valence-electron chi connectivity index (χ3n) is 2.63. The van der Waals surface area contributed by atoms with Gasteiger partial charge in [-0.2, -0.15) is 0 Å². The summed E-state index contributed by atoms with van der Waals surface area (Å²) in [6.07, 6.45) is 0.481. The van der Waals surface area contributed by atoms with Crippen LogP contribution in [0.3, 0.4) is 0 Å². The van der Waals surface area contributed by atoms with E-state index in [1.54, 1.807) is 20.8 Å². The first kappa shape index (κ1) is 17.0. The fourth-order valence-corrected chi connectivity index (χ4v) is 1.78. The third-order valence-corrected chi connectivity index (χ3v) is 2.63. The molecule has 0 radical (unpaired) electrons. The van der Waals surface area contributed by atoms with Crippen LogP contribution in [0.1, 0.15) is 31.9 Å². The summed E-state index contributed by atoms with van der Waals surface area (Å²) < 4.78 is 5.14. The van der Waals surface area contributed by atoms with Gasteiger partial charge in [0.15, 0.2) is 0 Å². The molecule has 0 aromatic heterocycles. The van der Waals surface area contributed by atoms with Gasteiger partial charge in [0.1, 0.15) is 5.60 Å². The molecule has 0 atom stereocenters. The van der Waals surface area contributed by atoms with Crippen molar-refractivity contribution in [1.29, 1.82) is 0 Å². The molecule has 116 valence electrons. The largest absolute Gasteiger partial charge is 0.444 e. The van der Waals surface area contributed by atoms with Crippen molar-refractivity contribution in [2.45, 2.75) is 39.3 Å². The molecule has 21 heavy (non-hydrogen) atoms. The summed E-state index contributed by atoms with van der Waals surface area (Å²) in [5, 5.41) is 12.5. The number of carbonyl (C=O) groups is 2. The summed E-state index contributed by atoms with van der Waals surface area (Å²) in [4.78, 5) is 22.0. The molecular formula is C15H22N2O4. The van der Waals surface area contributed by atoms with Crippen molar-refractivity contribution in [3.8, 4) is 0 Å². The zero-order chi connectivity index (χ0) is 15.9. The van der Waals surface area contributed by atoms with Crippen molar-refractivity contribution in [3.63, 3.8) is 0 Å². The number of alkyl carbamates (subject to hydrolysis) is 1. The summed E-state index contributed by atoms with van der Waals surface area (Å²) >= 11 is 0. The maximum Gasteiger partial charge on any atom is 0.407 e. The minimum absolute atomic E-state index is 0.117. The normalized spacial score (nSPS) is 10.9. The zero-order valence-electron chi connectivity index (χ0n) is 12.6. The van der Waals surface area contributed by atoms with E-state index in [4.69, 9.17) is 4.74 Å². The lowest BCUT2D eigenvalue weighted by Crippen LogP contribution is -2.33. The second kappa shape index (κ2) is 7.64. The standard InChI is InChI=1S/C15H22N2O4/c1-15(2,3)21-14(19)16-9-8-12-6-4-5-7-13(12)10-17(20)11-18/h4-7,11,20H,8-10H2,1-3H3,(H,16,19). The Morgan fingerprint density at radius 3 is 2.52 bits per heavy atom. The maximum atomic E-state index is 11.5. The van der Waals surface area contributed by atoms with E-state index in [9.17, 15) is 14.8 Å². The topological polar surface area (TPSA) is 78.9 Å². The van der Waals surface area contributed by atoms with Gasteiger partial charge in [-0.05, 0) is 38.3 Å². The number of hydrogen-bond acceptors (Lipinski definition) is 4. The summed E-state index contributed by atoms with van der Waals surface area (Å²) in [6, 6.07) is 7.42. The smallest absolute Gasteiger partial charge is 0.407 e. The molecule has 1 aromatic carbocycles. The Bertz CT molecular complexity index is 483. The predicted octanol–water partition coefficient (Wildman–Crippen LogP) is 2.10. The van der Waals surface area contributed by atoms with Crippen LogP contribution >= 0.6 is 0 Å². The van der Waals surface area contributed by atoms with E-state index in [0.717, 1.165) is 11.1 Å². The average molecular weight is 294 g/mol. The molecule has 1 rings (SSSR count). The number of hydrogen-bond donors (Lipinski definition) is 2. The molecule has 6 nitrogen and oxygen atoms in total. The third kappa shape index (κ3) is 6.76. The van der Waals surface area contributed by atoms with E-state index >= 15 is 0 Å². The monoisotopic (exact) mass is 294 g/mol. The summed E-state index contributed by atoms with van der Waals surface area (Å²) in [5.74, 6) is 0. The fourth-order valence-electron chi connectivity index (χ4n) is 1.78. The van der Waals surface area contributed by atoms with Crippen LogP contribution in [0.15, 0.2) is 24.3 Å². The summed E-state index contributed by atoms with van der Waals surface area (Å²) in [7, 11) is 0. The van der Waals surface area contributed by atoms with Gasteiger partial charge in [-0.1, -0.05) is 24.3 Å². The zero-order valence-corrected chi connectivity index (χ0v) is 12.6. The van der Waals surface area contributed by atoms with Crippen molar-refractivity contribution in [3.05, 3.63) is 35.4 Å². The summed E-state index contributed by atoms with van der Waals surface area (Å²) in [5.41, 5.74) is 1.26. The first-order chi connectivity index (χ1) is 9.81. The molecule has 0 bridgehead atoms. The number of nitrogens with zero attached hydrogens (tertiary/aromatic N) is 1. The Kier molecular flexibility index (Phi) is 6.17. The number of benzene rings is 1. The number of ether oxygens (including phenoxy) is 1. The highest BCUT2D eigenvalue weighted by molar-refractivity contribution is 5.67. The molecule has 0 aliphatic heterocycles. The molecule has 0 aliphatic carbocycles. The van der Waals surface area contributed by atoms with E-state index in [0.29, 0.717) is 24.4 Å². The highest BCUT2D eigenvalue weighted by atomic mass is 16.6. The quantitative estimate of drug-likeness (QED) is 0.478. The van der Waals surface area contributed by atoms with Crippen LogP contribution in [0.5, 0.6) is 0 Å².